The highest BCUT2D eigenvalue weighted by Gasteiger charge is 2.16. The number of halogens is 2. The van der Waals surface area contributed by atoms with Crippen molar-refractivity contribution in [2.45, 2.75) is 0 Å². The fourth-order valence-electron chi connectivity index (χ4n) is 2.04. The van der Waals surface area contributed by atoms with Gasteiger partial charge in [-0.25, -0.2) is 13.5 Å². The summed E-state index contributed by atoms with van der Waals surface area (Å²) in [6, 6.07) is 14.3. The zero-order chi connectivity index (χ0) is 14.1. The minimum Gasteiger partial charge on any atom is -0.384 e. The van der Waals surface area contributed by atoms with Crippen LogP contribution in [-0.2, 0) is 0 Å². The van der Waals surface area contributed by atoms with Crippen molar-refractivity contribution in [1.82, 2.24) is 9.78 Å². The molecule has 0 aliphatic rings. The molecule has 1 aromatic heterocycles. The molecular weight excluding hydrogens is 260 g/mol. The van der Waals surface area contributed by atoms with Crippen LogP contribution >= 0.6 is 0 Å². The van der Waals surface area contributed by atoms with E-state index in [1.165, 1.54) is 28.9 Å². The summed E-state index contributed by atoms with van der Waals surface area (Å²) in [5, 5.41) is 4.18. The monoisotopic (exact) mass is 271 g/mol. The van der Waals surface area contributed by atoms with Gasteiger partial charge in [-0.05, 0) is 24.3 Å². The molecule has 3 aromatic rings. The largest absolute Gasteiger partial charge is 0.384 e. The van der Waals surface area contributed by atoms with Crippen LogP contribution in [0.3, 0.4) is 0 Å². The summed E-state index contributed by atoms with van der Waals surface area (Å²) in [6.45, 7) is 0. The molecule has 2 N–H and O–H groups in total. The highest BCUT2D eigenvalue weighted by atomic mass is 19.1. The Morgan fingerprint density at radius 2 is 1.55 bits per heavy atom. The third-order valence-electron chi connectivity index (χ3n) is 2.96. The number of nitrogen functional groups attached to an aromatic ring is 1. The van der Waals surface area contributed by atoms with Crippen LogP contribution in [0.1, 0.15) is 0 Å². The summed E-state index contributed by atoms with van der Waals surface area (Å²) in [4.78, 5) is 0. The Balaban J connectivity index is 2.15. The molecule has 0 aliphatic heterocycles. The molecule has 3 rings (SSSR count). The molecule has 0 fully saturated rings. The van der Waals surface area contributed by atoms with Crippen molar-refractivity contribution in [3.05, 3.63) is 66.2 Å². The lowest BCUT2D eigenvalue weighted by Crippen LogP contribution is -2.01. The van der Waals surface area contributed by atoms with Crippen molar-refractivity contribution in [2.24, 2.45) is 0 Å². The molecule has 3 nitrogen and oxygen atoms in total. The lowest BCUT2D eigenvalue weighted by molar-refractivity contribution is 0.588. The molecule has 0 saturated carbocycles. The van der Waals surface area contributed by atoms with Gasteiger partial charge in [0.15, 0.2) is 0 Å². The average molecular weight is 271 g/mol. The molecule has 0 spiro atoms. The fraction of sp³-hybridized carbons (Fsp3) is 0. The van der Waals surface area contributed by atoms with Gasteiger partial charge in [0, 0.05) is 6.07 Å². The van der Waals surface area contributed by atoms with E-state index in [0.717, 1.165) is 5.69 Å². The van der Waals surface area contributed by atoms with Gasteiger partial charge in [-0.3, -0.25) is 0 Å². The van der Waals surface area contributed by atoms with E-state index in [2.05, 4.69) is 5.10 Å². The van der Waals surface area contributed by atoms with Crippen LogP contribution in [0, 0.1) is 11.6 Å². The standard InChI is InChI=1S/C15H11F2N3/c16-11-7-4-8-12(17)15(11)13-9-14(18)20(19-13)10-5-2-1-3-6-10/h1-9H,18H2. The lowest BCUT2D eigenvalue weighted by atomic mass is 10.1. The van der Waals surface area contributed by atoms with Gasteiger partial charge >= 0.3 is 0 Å². The van der Waals surface area contributed by atoms with Crippen LogP contribution in [0.25, 0.3) is 16.9 Å². The third kappa shape index (κ3) is 2.03. The van der Waals surface area contributed by atoms with E-state index >= 15 is 0 Å². The topological polar surface area (TPSA) is 43.8 Å². The smallest absolute Gasteiger partial charge is 0.135 e. The summed E-state index contributed by atoms with van der Waals surface area (Å²) in [5.41, 5.74) is 6.59. The van der Waals surface area contributed by atoms with Crippen molar-refractivity contribution in [3.8, 4) is 16.9 Å². The Hall–Kier alpha value is -2.69. The molecule has 5 heteroatoms. The van der Waals surface area contributed by atoms with Gasteiger partial charge in [-0.2, -0.15) is 5.10 Å². The number of nitrogens with two attached hydrogens (primary N) is 1. The fourth-order valence-corrected chi connectivity index (χ4v) is 2.04. The number of rotatable bonds is 2. The minimum absolute atomic E-state index is 0.168. The van der Waals surface area contributed by atoms with Crippen LogP contribution < -0.4 is 5.73 Å². The number of nitrogens with zero attached hydrogens (tertiary/aromatic N) is 2. The third-order valence-corrected chi connectivity index (χ3v) is 2.96. The molecule has 0 unspecified atom stereocenters. The lowest BCUT2D eigenvalue weighted by Gasteiger charge is -2.03. The predicted molar refractivity (Wildman–Crippen MR) is 73.3 cm³/mol. The van der Waals surface area contributed by atoms with Gasteiger partial charge in [0.2, 0.25) is 0 Å². The number of aromatic nitrogens is 2. The molecule has 2 aromatic carbocycles. The number of benzene rings is 2. The second-order valence-corrected chi connectivity index (χ2v) is 4.30. The second kappa shape index (κ2) is 4.77. The molecule has 100 valence electrons. The zero-order valence-electron chi connectivity index (χ0n) is 10.4. The minimum atomic E-state index is -0.664. The molecular formula is C15H11F2N3. The van der Waals surface area contributed by atoms with E-state index in [1.54, 1.807) is 0 Å². The van der Waals surface area contributed by atoms with Crippen LogP contribution in [0.5, 0.6) is 0 Å². The van der Waals surface area contributed by atoms with E-state index < -0.39 is 11.6 Å². The van der Waals surface area contributed by atoms with Crippen molar-refractivity contribution in [1.29, 1.82) is 0 Å². The van der Waals surface area contributed by atoms with E-state index in [9.17, 15) is 8.78 Å². The van der Waals surface area contributed by atoms with Crippen LogP contribution in [0.15, 0.2) is 54.6 Å². The van der Waals surface area contributed by atoms with Crippen molar-refractivity contribution >= 4 is 5.82 Å². The molecule has 0 saturated heterocycles. The van der Waals surface area contributed by atoms with E-state index in [-0.39, 0.29) is 11.3 Å². The maximum atomic E-state index is 13.7. The van der Waals surface area contributed by atoms with E-state index in [1.807, 2.05) is 30.3 Å². The molecule has 0 atom stereocenters. The van der Waals surface area contributed by atoms with Gasteiger partial charge in [0.25, 0.3) is 0 Å². The normalized spacial score (nSPS) is 10.7. The molecule has 1 heterocycles. The van der Waals surface area contributed by atoms with Crippen molar-refractivity contribution < 1.29 is 8.78 Å². The Labute approximate surface area is 114 Å². The van der Waals surface area contributed by atoms with E-state index in [4.69, 9.17) is 5.73 Å². The van der Waals surface area contributed by atoms with Gasteiger partial charge in [0.1, 0.15) is 23.1 Å². The highest BCUT2D eigenvalue weighted by Crippen LogP contribution is 2.27. The van der Waals surface area contributed by atoms with Crippen LogP contribution in [0.4, 0.5) is 14.6 Å². The molecule has 20 heavy (non-hydrogen) atoms. The summed E-state index contributed by atoms with van der Waals surface area (Å²) in [6.07, 6.45) is 0. The Bertz CT molecular complexity index is 731. The number of hydrogen-bond acceptors (Lipinski definition) is 2. The molecule has 0 bridgehead atoms. The first-order valence-electron chi connectivity index (χ1n) is 6.02. The van der Waals surface area contributed by atoms with Gasteiger partial charge in [-0.1, -0.05) is 24.3 Å². The summed E-state index contributed by atoms with van der Waals surface area (Å²) < 4.78 is 28.9. The quantitative estimate of drug-likeness (QED) is 0.776. The van der Waals surface area contributed by atoms with Gasteiger partial charge < -0.3 is 5.73 Å². The average Bonchev–Trinajstić information content (AvgIpc) is 2.81. The number of hydrogen-bond donors (Lipinski definition) is 1. The Kier molecular flexibility index (Phi) is 2.95. The highest BCUT2D eigenvalue weighted by molar-refractivity contribution is 5.64. The Morgan fingerprint density at radius 1 is 0.900 bits per heavy atom. The van der Waals surface area contributed by atoms with E-state index in [0.29, 0.717) is 5.82 Å². The second-order valence-electron chi connectivity index (χ2n) is 4.30. The summed E-state index contributed by atoms with van der Waals surface area (Å²) >= 11 is 0. The predicted octanol–water partition coefficient (Wildman–Crippen LogP) is 3.40. The van der Waals surface area contributed by atoms with Crippen molar-refractivity contribution in [2.75, 3.05) is 5.73 Å². The number of para-hydroxylation sites is 1. The Morgan fingerprint density at radius 3 is 2.20 bits per heavy atom. The van der Waals surface area contributed by atoms with Crippen molar-refractivity contribution in [3.63, 3.8) is 0 Å². The number of anilines is 1. The maximum absolute atomic E-state index is 13.7. The van der Waals surface area contributed by atoms with Crippen LogP contribution in [-0.4, -0.2) is 9.78 Å². The SMILES string of the molecule is Nc1cc(-c2c(F)cccc2F)nn1-c1ccccc1. The first-order valence-corrected chi connectivity index (χ1v) is 6.02. The molecule has 0 radical (unpaired) electrons. The molecule has 0 aliphatic carbocycles. The summed E-state index contributed by atoms with van der Waals surface area (Å²) in [7, 11) is 0. The first-order chi connectivity index (χ1) is 9.66. The molecule has 0 amide bonds. The van der Waals surface area contributed by atoms with Gasteiger partial charge in [-0.15, -0.1) is 0 Å². The van der Waals surface area contributed by atoms with Crippen LogP contribution in [0.2, 0.25) is 0 Å². The summed E-state index contributed by atoms with van der Waals surface area (Å²) in [5.74, 6) is -1.01. The maximum Gasteiger partial charge on any atom is 0.135 e. The zero-order valence-corrected chi connectivity index (χ0v) is 10.4. The first kappa shape index (κ1) is 12.3. The van der Waals surface area contributed by atoms with Gasteiger partial charge in [0.05, 0.1) is 11.3 Å².